The third-order valence-electron chi connectivity index (χ3n) is 8.88. The topological polar surface area (TPSA) is 111 Å². The van der Waals surface area contributed by atoms with Gasteiger partial charge < -0.3 is 27.9 Å². The molecule has 0 rings (SSSR count). The van der Waals surface area contributed by atoms with Crippen LogP contribution in [0.5, 0.6) is 0 Å². The number of phosphoric ester groups is 1. The Labute approximate surface area is 325 Å². The summed E-state index contributed by atoms with van der Waals surface area (Å²) in [5, 5.41) is 0. The SMILES string of the molecule is CCCCC/C=C\C/C=C\CCCCCCCC(=O)OC(COC(=O)CCCCCCC/C=C\CCCCCCC)COP(=O)([O-])OCC[N+](C)(C)C. The number of quaternary nitrogens is 1. The Kier molecular flexibility index (Phi) is 34.7. The molecule has 9 nitrogen and oxygen atoms in total. The van der Waals surface area contributed by atoms with Crippen LogP contribution in [-0.4, -0.2) is 70.0 Å². The molecule has 0 aromatic carbocycles. The summed E-state index contributed by atoms with van der Waals surface area (Å²) in [6.07, 6.45) is 38.8. The third-order valence-corrected chi connectivity index (χ3v) is 9.85. The van der Waals surface area contributed by atoms with E-state index < -0.39 is 32.5 Å². The largest absolute Gasteiger partial charge is 0.756 e. The van der Waals surface area contributed by atoms with Gasteiger partial charge >= 0.3 is 11.9 Å². The molecule has 0 amide bonds. The van der Waals surface area contributed by atoms with Crippen molar-refractivity contribution >= 4 is 19.8 Å². The Bertz CT molecular complexity index is 1010. The number of phosphoric acid groups is 1. The minimum Gasteiger partial charge on any atom is -0.756 e. The van der Waals surface area contributed by atoms with Gasteiger partial charge in [-0.15, -0.1) is 0 Å². The smallest absolute Gasteiger partial charge is 0.306 e. The minimum atomic E-state index is -4.63. The number of ether oxygens (including phenoxy) is 2. The van der Waals surface area contributed by atoms with E-state index in [0.717, 1.165) is 77.0 Å². The maximum Gasteiger partial charge on any atom is 0.306 e. The molecular formula is C43H80NO8P. The second-order valence-corrected chi connectivity index (χ2v) is 16.8. The average molecular weight is 770 g/mol. The van der Waals surface area contributed by atoms with E-state index in [-0.39, 0.29) is 26.1 Å². The maximum atomic E-state index is 12.6. The van der Waals surface area contributed by atoms with Crippen molar-refractivity contribution in [2.24, 2.45) is 0 Å². The Morgan fingerprint density at radius 2 is 1.02 bits per heavy atom. The Morgan fingerprint density at radius 1 is 0.585 bits per heavy atom. The number of unbranched alkanes of at least 4 members (excludes halogenated alkanes) is 18. The van der Waals surface area contributed by atoms with Crippen LogP contribution < -0.4 is 4.89 Å². The van der Waals surface area contributed by atoms with E-state index in [9.17, 15) is 19.0 Å². The number of carbonyl (C=O) groups is 2. The first-order valence-corrected chi connectivity index (χ1v) is 22.7. The lowest BCUT2D eigenvalue weighted by Gasteiger charge is -2.28. The summed E-state index contributed by atoms with van der Waals surface area (Å²) >= 11 is 0. The summed E-state index contributed by atoms with van der Waals surface area (Å²) in [7, 11) is 1.15. The van der Waals surface area contributed by atoms with Crippen molar-refractivity contribution in [2.45, 2.75) is 180 Å². The first-order valence-electron chi connectivity index (χ1n) is 21.2. The molecule has 2 atom stereocenters. The summed E-state index contributed by atoms with van der Waals surface area (Å²) in [5.41, 5.74) is 0. The van der Waals surface area contributed by atoms with Gasteiger partial charge in [0.15, 0.2) is 6.10 Å². The minimum absolute atomic E-state index is 0.0353. The summed E-state index contributed by atoms with van der Waals surface area (Å²) in [6.45, 7) is 4.16. The molecule has 0 aliphatic heterocycles. The van der Waals surface area contributed by atoms with Gasteiger partial charge in [0.05, 0.1) is 27.7 Å². The monoisotopic (exact) mass is 770 g/mol. The molecule has 0 saturated heterocycles. The van der Waals surface area contributed by atoms with E-state index in [0.29, 0.717) is 17.4 Å². The molecule has 0 N–H and O–H groups in total. The number of nitrogens with zero attached hydrogens (tertiary/aromatic N) is 1. The van der Waals surface area contributed by atoms with Crippen molar-refractivity contribution in [1.82, 2.24) is 0 Å². The van der Waals surface area contributed by atoms with Crippen LogP contribution in [0.25, 0.3) is 0 Å². The molecule has 0 aliphatic rings. The zero-order chi connectivity index (χ0) is 39.3. The normalized spacial score (nSPS) is 14.0. The molecule has 0 aromatic rings. The van der Waals surface area contributed by atoms with E-state index in [1.807, 2.05) is 21.1 Å². The van der Waals surface area contributed by atoms with Crippen LogP contribution in [-0.2, 0) is 32.7 Å². The molecule has 0 aliphatic carbocycles. The van der Waals surface area contributed by atoms with Crippen LogP contribution in [0.3, 0.4) is 0 Å². The summed E-state index contributed by atoms with van der Waals surface area (Å²) in [6, 6.07) is 0. The maximum absolute atomic E-state index is 12.6. The number of hydrogen-bond acceptors (Lipinski definition) is 8. The first kappa shape index (κ1) is 51.2. The van der Waals surface area contributed by atoms with Gasteiger partial charge in [-0.2, -0.15) is 0 Å². The number of esters is 2. The summed E-state index contributed by atoms with van der Waals surface area (Å²) in [5.74, 6) is -0.861. The van der Waals surface area contributed by atoms with E-state index in [1.165, 1.54) is 64.2 Å². The average Bonchev–Trinajstić information content (AvgIpc) is 3.10. The third kappa shape index (κ3) is 39.7. The number of likely N-dealkylation sites (N-methyl/N-ethyl adjacent to an activating group) is 1. The lowest BCUT2D eigenvalue weighted by molar-refractivity contribution is -0.870. The fourth-order valence-corrected chi connectivity index (χ4v) is 6.23. The standard InChI is InChI=1S/C43H80NO8P/c1-6-8-10-12-14-16-18-20-22-24-26-28-30-32-34-36-43(46)52-41(40-51-53(47,48)50-38-37-44(3,4)5)39-49-42(45)35-33-31-29-27-25-23-21-19-17-15-13-11-9-7-2/h14,16,19-22,41H,6-13,15,17-18,23-40H2,1-5H3/b16-14-,21-19-,22-20-. The Balaban J connectivity index is 4.43. The van der Waals surface area contributed by atoms with Gasteiger partial charge in [0.1, 0.15) is 19.8 Å². The van der Waals surface area contributed by atoms with Gasteiger partial charge in [0, 0.05) is 12.8 Å². The molecule has 53 heavy (non-hydrogen) atoms. The quantitative estimate of drug-likeness (QED) is 0.0201. The molecule has 0 spiro atoms. The van der Waals surface area contributed by atoms with Gasteiger partial charge in [0.25, 0.3) is 7.82 Å². The van der Waals surface area contributed by atoms with Crippen LogP contribution in [0.15, 0.2) is 36.5 Å². The van der Waals surface area contributed by atoms with E-state index in [2.05, 4.69) is 50.3 Å². The number of rotatable bonds is 38. The molecular weight excluding hydrogens is 689 g/mol. The summed E-state index contributed by atoms with van der Waals surface area (Å²) in [4.78, 5) is 37.4. The van der Waals surface area contributed by atoms with Gasteiger partial charge in [-0.25, -0.2) is 0 Å². The second-order valence-electron chi connectivity index (χ2n) is 15.3. The van der Waals surface area contributed by atoms with E-state index in [4.69, 9.17) is 18.5 Å². The molecule has 0 fully saturated rings. The Hall–Kier alpha value is -1.77. The van der Waals surface area contributed by atoms with Crippen molar-refractivity contribution in [3.8, 4) is 0 Å². The molecule has 0 heterocycles. The van der Waals surface area contributed by atoms with Crippen molar-refractivity contribution < 1.29 is 42.1 Å². The van der Waals surface area contributed by atoms with Gasteiger partial charge in [-0.1, -0.05) is 127 Å². The van der Waals surface area contributed by atoms with Crippen LogP contribution in [0.2, 0.25) is 0 Å². The van der Waals surface area contributed by atoms with Gasteiger partial charge in [-0.05, 0) is 70.6 Å². The fraction of sp³-hybridized carbons (Fsp3) is 0.814. The molecule has 310 valence electrons. The number of carbonyl (C=O) groups excluding carboxylic acids is 2. The fourth-order valence-electron chi connectivity index (χ4n) is 5.50. The highest BCUT2D eigenvalue weighted by atomic mass is 31.2. The van der Waals surface area contributed by atoms with Crippen molar-refractivity contribution in [2.75, 3.05) is 47.5 Å². The van der Waals surface area contributed by atoms with Gasteiger partial charge in [-0.3, -0.25) is 14.2 Å². The molecule has 0 saturated carbocycles. The van der Waals surface area contributed by atoms with Crippen molar-refractivity contribution in [3.63, 3.8) is 0 Å². The Morgan fingerprint density at radius 3 is 1.55 bits per heavy atom. The van der Waals surface area contributed by atoms with Crippen molar-refractivity contribution in [1.29, 1.82) is 0 Å². The summed E-state index contributed by atoms with van der Waals surface area (Å²) < 4.78 is 33.8. The lowest BCUT2D eigenvalue weighted by atomic mass is 10.1. The molecule has 0 bridgehead atoms. The van der Waals surface area contributed by atoms with Gasteiger partial charge in [0.2, 0.25) is 0 Å². The second kappa shape index (κ2) is 35.9. The zero-order valence-electron chi connectivity index (χ0n) is 34.7. The molecule has 2 unspecified atom stereocenters. The van der Waals surface area contributed by atoms with E-state index in [1.54, 1.807) is 0 Å². The highest BCUT2D eigenvalue weighted by Crippen LogP contribution is 2.38. The molecule has 10 heteroatoms. The van der Waals surface area contributed by atoms with Crippen LogP contribution in [0.4, 0.5) is 0 Å². The number of allylic oxidation sites excluding steroid dienone is 6. The van der Waals surface area contributed by atoms with Crippen LogP contribution in [0.1, 0.15) is 174 Å². The van der Waals surface area contributed by atoms with E-state index >= 15 is 0 Å². The van der Waals surface area contributed by atoms with Crippen LogP contribution >= 0.6 is 7.82 Å². The molecule has 0 aromatic heterocycles. The highest BCUT2D eigenvalue weighted by Gasteiger charge is 2.21. The predicted molar refractivity (Wildman–Crippen MR) is 217 cm³/mol. The van der Waals surface area contributed by atoms with Crippen LogP contribution in [0, 0.1) is 0 Å². The van der Waals surface area contributed by atoms with Crippen molar-refractivity contribution in [3.05, 3.63) is 36.5 Å². The zero-order valence-corrected chi connectivity index (χ0v) is 35.6. The predicted octanol–water partition coefficient (Wildman–Crippen LogP) is 11.1. The highest BCUT2D eigenvalue weighted by molar-refractivity contribution is 7.45. The lowest BCUT2D eigenvalue weighted by Crippen LogP contribution is -2.37. The number of hydrogen-bond donors (Lipinski definition) is 0. The molecule has 0 radical (unpaired) electrons. The first-order chi connectivity index (χ1) is 25.5.